The summed E-state index contributed by atoms with van der Waals surface area (Å²) in [5.41, 5.74) is 2.24. The van der Waals surface area contributed by atoms with Crippen molar-refractivity contribution in [1.82, 2.24) is 4.98 Å². The van der Waals surface area contributed by atoms with Crippen molar-refractivity contribution in [1.29, 1.82) is 0 Å². The molecule has 2 heteroatoms. The quantitative estimate of drug-likeness (QED) is 0.711. The van der Waals surface area contributed by atoms with Crippen molar-refractivity contribution in [2.75, 3.05) is 0 Å². The van der Waals surface area contributed by atoms with E-state index in [4.69, 9.17) is 0 Å². The Bertz CT molecular complexity index is 491. The largest absolute Gasteiger partial charge is 0.303 e. The van der Waals surface area contributed by atoms with Crippen LogP contribution in [-0.2, 0) is 11.2 Å². The number of carbonyl (C=O) groups excluding carboxylic acids is 1. The van der Waals surface area contributed by atoms with E-state index in [2.05, 4.69) is 23.2 Å². The first-order valence-electron chi connectivity index (χ1n) is 5.09. The molecule has 0 N–H and O–H groups in total. The van der Waals surface area contributed by atoms with Crippen molar-refractivity contribution in [3.63, 3.8) is 0 Å². The number of pyridine rings is 1. The van der Waals surface area contributed by atoms with Gasteiger partial charge in [0.1, 0.15) is 6.29 Å². The first kappa shape index (κ1) is 9.84. The number of hydrogen-bond acceptors (Lipinski definition) is 2. The molecule has 0 atom stereocenters. The average molecular weight is 199 g/mol. The third-order valence-electron chi connectivity index (χ3n) is 2.58. The SMILES string of the molecule is Cc1nccc2ccc(CCC=O)cc12. The van der Waals surface area contributed by atoms with E-state index >= 15 is 0 Å². The van der Waals surface area contributed by atoms with Crippen LogP contribution in [0.2, 0.25) is 0 Å². The van der Waals surface area contributed by atoms with Gasteiger partial charge in [0.25, 0.3) is 0 Å². The van der Waals surface area contributed by atoms with E-state index in [1.54, 1.807) is 0 Å². The highest BCUT2D eigenvalue weighted by atomic mass is 16.1. The summed E-state index contributed by atoms with van der Waals surface area (Å²) in [7, 11) is 0. The molecule has 1 aromatic carbocycles. The molecular formula is C13H13NO. The smallest absolute Gasteiger partial charge is 0.120 e. The van der Waals surface area contributed by atoms with Gasteiger partial charge in [-0.05, 0) is 36.4 Å². The number of carbonyl (C=O) groups is 1. The zero-order valence-electron chi connectivity index (χ0n) is 8.73. The molecule has 0 fully saturated rings. The molecule has 0 aliphatic rings. The molecular weight excluding hydrogens is 186 g/mol. The maximum atomic E-state index is 10.3. The van der Waals surface area contributed by atoms with Crippen LogP contribution < -0.4 is 0 Å². The topological polar surface area (TPSA) is 30.0 Å². The second-order valence-electron chi connectivity index (χ2n) is 3.66. The number of aryl methyl sites for hydroxylation is 2. The standard InChI is InChI=1S/C13H13NO/c1-10-13-9-11(3-2-8-15)4-5-12(13)6-7-14-10/h4-9H,2-3H2,1H3. The van der Waals surface area contributed by atoms with Crippen molar-refractivity contribution in [2.24, 2.45) is 0 Å². The lowest BCUT2D eigenvalue weighted by atomic mass is 10.0. The van der Waals surface area contributed by atoms with Crippen LogP contribution in [0.1, 0.15) is 17.7 Å². The van der Waals surface area contributed by atoms with Crippen molar-refractivity contribution < 1.29 is 4.79 Å². The van der Waals surface area contributed by atoms with Crippen LogP contribution >= 0.6 is 0 Å². The molecule has 2 aromatic rings. The van der Waals surface area contributed by atoms with Gasteiger partial charge in [0, 0.05) is 23.7 Å². The highest BCUT2D eigenvalue weighted by Gasteiger charge is 1.99. The molecule has 0 spiro atoms. The molecule has 0 saturated carbocycles. The zero-order valence-corrected chi connectivity index (χ0v) is 8.73. The van der Waals surface area contributed by atoms with Gasteiger partial charge in [-0.2, -0.15) is 0 Å². The Morgan fingerprint density at radius 3 is 3.00 bits per heavy atom. The average Bonchev–Trinajstić information content (AvgIpc) is 2.27. The predicted octanol–water partition coefficient (Wildman–Crippen LogP) is 2.67. The molecule has 1 heterocycles. The van der Waals surface area contributed by atoms with E-state index in [0.717, 1.165) is 18.4 Å². The summed E-state index contributed by atoms with van der Waals surface area (Å²) >= 11 is 0. The monoisotopic (exact) mass is 199 g/mol. The molecule has 1 aromatic heterocycles. The molecule has 0 unspecified atom stereocenters. The van der Waals surface area contributed by atoms with E-state index in [-0.39, 0.29) is 0 Å². The molecule has 0 saturated heterocycles. The predicted molar refractivity (Wildman–Crippen MR) is 60.9 cm³/mol. The van der Waals surface area contributed by atoms with E-state index in [1.807, 2.05) is 19.2 Å². The fraction of sp³-hybridized carbons (Fsp3) is 0.231. The van der Waals surface area contributed by atoms with Gasteiger partial charge in [-0.15, -0.1) is 0 Å². The summed E-state index contributed by atoms with van der Waals surface area (Å²) in [5, 5.41) is 2.39. The van der Waals surface area contributed by atoms with Gasteiger partial charge < -0.3 is 4.79 Å². The minimum Gasteiger partial charge on any atom is -0.303 e. The maximum absolute atomic E-state index is 10.3. The summed E-state index contributed by atoms with van der Waals surface area (Å²) < 4.78 is 0. The van der Waals surface area contributed by atoms with Crippen molar-refractivity contribution in [3.8, 4) is 0 Å². The first-order chi connectivity index (χ1) is 7.31. The van der Waals surface area contributed by atoms with Gasteiger partial charge in [-0.25, -0.2) is 0 Å². The minimum atomic E-state index is 0.588. The van der Waals surface area contributed by atoms with Crippen LogP contribution in [0.4, 0.5) is 0 Å². The fourth-order valence-electron chi connectivity index (χ4n) is 1.74. The molecule has 2 rings (SSSR count). The molecule has 0 radical (unpaired) electrons. The Balaban J connectivity index is 2.45. The van der Waals surface area contributed by atoms with Crippen molar-refractivity contribution in [3.05, 3.63) is 41.7 Å². The second-order valence-corrected chi connectivity index (χ2v) is 3.66. The van der Waals surface area contributed by atoms with E-state index in [0.29, 0.717) is 6.42 Å². The molecule has 0 aliphatic heterocycles. The summed E-state index contributed by atoms with van der Waals surface area (Å²) in [6, 6.07) is 8.29. The summed E-state index contributed by atoms with van der Waals surface area (Å²) in [6.07, 6.45) is 4.18. The molecule has 0 aliphatic carbocycles. The molecule has 2 nitrogen and oxygen atoms in total. The van der Waals surface area contributed by atoms with Crippen LogP contribution in [0.15, 0.2) is 30.5 Å². The van der Waals surface area contributed by atoms with E-state index in [1.165, 1.54) is 16.3 Å². The van der Waals surface area contributed by atoms with E-state index in [9.17, 15) is 4.79 Å². The molecule has 0 amide bonds. The number of aldehydes is 1. The number of benzene rings is 1. The first-order valence-corrected chi connectivity index (χ1v) is 5.09. The Morgan fingerprint density at radius 1 is 1.33 bits per heavy atom. The summed E-state index contributed by atoms with van der Waals surface area (Å²) in [5.74, 6) is 0. The van der Waals surface area contributed by atoms with Gasteiger partial charge in [-0.3, -0.25) is 4.98 Å². The van der Waals surface area contributed by atoms with Gasteiger partial charge in [-0.1, -0.05) is 12.1 Å². The van der Waals surface area contributed by atoms with Gasteiger partial charge in [0.15, 0.2) is 0 Å². The molecule has 15 heavy (non-hydrogen) atoms. The van der Waals surface area contributed by atoms with Gasteiger partial charge in [0.05, 0.1) is 0 Å². The van der Waals surface area contributed by atoms with E-state index < -0.39 is 0 Å². The van der Waals surface area contributed by atoms with Crippen LogP contribution in [0.25, 0.3) is 10.8 Å². The third kappa shape index (κ3) is 2.04. The number of fused-ring (bicyclic) bond motifs is 1. The van der Waals surface area contributed by atoms with Crippen LogP contribution in [-0.4, -0.2) is 11.3 Å². The molecule has 76 valence electrons. The van der Waals surface area contributed by atoms with Crippen molar-refractivity contribution >= 4 is 17.1 Å². The minimum absolute atomic E-state index is 0.588. The van der Waals surface area contributed by atoms with Crippen LogP contribution in [0, 0.1) is 6.92 Å². The third-order valence-corrected chi connectivity index (χ3v) is 2.58. The Hall–Kier alpha value is -1.70. The Labute approximate surface area is 89.0 Å². The van der Waals surface area contributed by atoms with Gasteiger partial charge >= 0.3 is 0 Å². The Morgan fingerprint density at radius 2 is 2.20 bits per heavy atom. The fourth-order valence-corrected chi connectivity index (χ4v) is 1.74. The Kier molecular flexibility index (Phi) is 2.77. The highest BCUT2D eigenvalue weighted by molar-refractivity contribution is 5.84. The summed E-state index contributed by atoms with van der Waals surface area (Å²) in [4.78, 5) is 14.6. The summed E-state index contributed by atoms with van der Waals surface area (Å²) in [6.45, 7) is 2.01. The number of aromatic nitrogens is 1. The second kappa shape index (κ2) is 4.22. The van der Waals surface area contributed by atoms with Crippen LogP contribution in [0.3, 0.4) is 0 Å². The lowest BCUT2D eigenvalue weighted by molar-refractivity contribution is -0.107. The normalized spacial score (nSPS) is 10.5. The molecule has 0 bridgehead atoms. The number of nitrogens with zero attached hydrogens (tertiary/aromatic N) is 1. The van der Waals surface area contributed by atoms with Crippen molar-refractivity contribution in [2.45, 2.75) is 19.8 Å². The van der Waals surface area contributed by atoms with Crippen LogP contribution in [0.5, 0.6) is 0 Å². The maximum Gasteiger partial charge on any atom is 0.120 e. The number of hydrogen-bond donors (Lipinski definition) is 0. The lowest BCUT2D eigenvalue weighted by Gasteiger charge is -2.03. The lowest BCUT2D eigenvalue weighted by Crippen LogP contribution is -1.88. The number of rotatable bonds is 3. The highest BCUT2D eigenvalue weighted by Crippen LogP contribution is 2.18. The zero-order chi connectivity index (χ0) is 10.7. The van der Waals surface area contributed by atoms with Gasteiger partial charge in [0.2, 0.25) is 0 Å².